The third-order valence-corrected chi connectivity index (χ3v) is 2.16. The molecule has 5 nitrogen and oxygen atoms in total. The quantitative estimate of drug-likeness (QED) is 0.395. The molecule has 78 valence electrons. The molecule has 9 heteroatoms. The molecule has 0 amide bonds. The maximum absolute atomic E-state index is 10.2. The van der Waals surface area contributed by atoms with E-state index in [9.17, 15) is 13.0 Å². The number of hydrogen-bond acceptors (Lipinski definition) is 4. The first-order valence-corrected chi connectivity index (χ1v) is 5.48. The Kier molecular flexibility index (Phi) is 6.46. The van der Waals surface area contributed by atoms with Gasteiger partial charge in [0.15, 0.2) is 10.3 Å². The van der Waals surface area contributed by atoms with Gasteiger partial charge < -0.3 is 9.98 Å². The normalized spacial score (nSPS) is 10.6. The van der Waals surface area contributed by atoms with Gasteiger partial charge in [-0.05, 0) is 18.2 Å². The van der Waals surface area contributed by atoms with Crippen LogP contribution < -0.4 is 39.8 Å². The molecular formula is C6H5Cl2N2NaO3S. The van der Waals surface area contributed by atoms with Gasteiger partial charge in [0, 0.05) is 5.02 Å². The molecule has 0 spiro atoms. The third kappa shape index (κ3) is 5.94. The van der Waals surface area contributed by atoms with Crippen LogP contribution in [-0.4, -0.2) is 13.0 Å². The number of nitrogens with one attached hydrogen (secondary N) is 2. The Bertz CT molecular complexity index is 440. The minimum absolute atomic E-state index is 0. The topological polar surface area (TPSA) is 81.3 Å². The molecule has 0 radical (unpaired) electrons. The van der Waals surface area contributed by atoms with Crippen molar-refractivity contribution in [1.29, 1.82) is 0 Å². The van der Waals surface area contributed by atoms with Crippen LogP contribution in [0.2, 0.25) is 10.0 Å². The summed E-state index contributed by atoms with van der Waals surface area (Å²) >= 11 is 11.3. The molecular weight excluding hydrogens is 274 g/mol. The Morgan fingerprint density at radius 1 is 1.27 bits per heavy atom. The molecule has 0 fully saturated rings. The molecule has 0 bridgehead atoms. The smallest absolute Gasteiger partial charge is 0.734 e. The minimum Gasteiger partial charge on any atom is -0.734 e. The Morgan fingerprint density at radius 2 is 1.87 bits per heavy atom. The van der Waals surface area contributed by atoms with E-state index in [1.165, 1.54) is 23.0 Å². The average molecular weight is 279 g/mol. The van der Waals surface area contributed by atoms with Gasteiger partial charge in [-0.1, -0.05) is 23.2 Å². The van der Waals surface area contributed by atoms with Gasteiger partial charge >= 0.3 is 29.6 Å². The second kappa shape index (κ2) is 6.27. The molecule has 1 rings (SSSR count). The minimum atomic E-state index is -4.56. The molecule has 0 heterocycles. The molecule has 1 aromatic rings. The Morgan fingerprint density at radius 3 is 2.40 bits per heavy atom. The van der Waals surface area contributed by atoms with Crippen LogP contribution in [0.3, 0.4) is 0 Å². The fourth-order valence-electron chi connectivity index (χ4n) is 0.711. The molecule has 0 atom stereocenters. The van der Waals surface area contributed by atoms with Crippen molar-refractivity contribution in [2.45, 2.75) is 0 Å². The second-order valence-corrected chi connectivity index (χ2v) is 4.26. The van der Waals surface area contributed by atoms with Crippen LogP contribution in [0.15, 0.2) is 18.2 Å². The van der Waals surface area contributed by atoms with Crippen molar-refractivity contribution in [2.75, 3.05) is 5.43 Å². The number of rotatable bonds is 3. The molecule has 0 aromatic heterocycles. The Balaban J connectivity index is 0.00000196. The van der Waals surface area contributed by atoms with Gasteiger partial charge in [-0.2, -0.15) is 0 Å². The zero-order valence-corrected chi connectivity index (χ0v) is 11.9. The summed E-state index contributed by atoms with van der Waals surface area (Å²) in [6.07, 6.45) is 0. The molecule has 1 aromatic carbocycles. The summed E-state index contributed by atoms with van der Waals surface area (Å²) in [5.41, 5.74) is 2.33. The summed E-state index contributed by atoms with van der Waals surface area (Å²) in [4.78, 5) is 1.53. The first-order chi connectivity index (χ1) is 6.38. The Hall–Kier alpha value is 0.470. The van der Waals surface area contributed by atoms with E-state index in [1.54, 1.807) is 0 Å². The summed E-state index contributed by atoms with van der Waals surface area (Å²) in [7, 11) is -4.56. The summed E-state index contributed by atoms with van der Waals surface area (Å²) in [6, 6.07) is 4.37. The number of hydrazine groups is 1. The third-order valence-electron chi connectivity index (χ3n) is 1.24. The van der Waals surface area contributed by atoms with Crippen molar-refractivity contribution in [3.63, 3.8) is 0 Å². The molecule has 0 saturated heterocycles. The van der Waals surface area contributed by atoms with Gasteiger partial charge in [0.2, 0.25) is 0 Å². The predicted molar refractivity (Wildman–Crippen MR) is 52.9 cm³/mol. The monoisotopic (exact) mass is 278 g/mol. The van der Waals surface area contributed by atoms with Gasteiger partial charge in [-0.3, -0.25) is 0 Å². The zero-order valence-electron chi connectivity index (χ0n) is 7.62. The van der Waals surface area contributed by atoms with E-state index in [1.807, 2.05) is 0 Å². The van der Waals surface area contributed by atoms with Crippen LogP contribution in [0, 0.1) is 0 Å². The molecule has 15 heavy (non-hydrogen) atoms. The SMILES string of the molecule is O=S(=O)([O-])NNc1cc(Cl)ccc1Cl.[Na+]. The van der Waals surface area contributed by atoms with E-state index < -0.39 is 10.3 Å². The van der Waals surface area contributed by atoms with E-state index in [4.69, 9.17) is 23.2 Å². The summed E-state index contributed by atoms with van der Waals surface area (Å²) in [5, 5.41) is 0.604. The summed E-state index contributed by atoms with van der Waals surface area (Å²) in [6.45, 7) is 0. The van der Waals surface area contributed by atoms with E-state index >= 15 is 0 Å². The van der Waals surface area contributed by atoms with E-state index in [2.05, 4.69) is 5.43 Å². The van der Waals surface area contributed by atoms with Gasteiger partial charge in [0.1, 0.15) is 0 Å². The molecule has 2 N–H and O–H groups in total. The number of halogens is 2. The molecule has 0 aliphatic heterocycles. The predicted octanol–water partition coefficient (Wildman–Crippen LogP) is -1.63. The van der Waals surface area contributed by atoms with Gasteiger partial charge in [-0.15, -0.1) is 4.83 Å². The number of hydrogen-bond donors (Lipinski definition) is 2. The van der Waals surface area contributed by atoms with Crippen LogP contribution >= 0.6 is 23.2 Å². The van der Waals surface area contributed by atoms with Crippen LogP contribution in [0.5, 0.6) is 0 Å². The fraction of sp³-hybridized carbons (Fsp3) is 0. The van der Waals surface area contributed by atoms with E-state index in [0.717, 1.165) is 0 Å². The average Bonchev–Trinajstić information content (AvgIpc) is 2.05. The maximum atomic E-state index is 10.2. The van der Waals surface area contributed by atoms with E-state index in [-0.39, 0.29) is 40.3 Å². The second-order valence-electron chi connectivity index (χ2n) is 2.31. The first-order valence-electron chi connectivity index (χ1n) is 3.32. The zero-order chi connectivity index (χ0) is 10.8. The van der Waals surface area contributed by atoms with Crippen molar-refractivity contribution in [3.05, 3.63) is 28.2 Å². The van der Waals surface area contributed by atoms with Gasteiger partial charge in [0.25, 0.3) is 0 Å². The first kappa shape index (κ1) is 15.5. The maximum Gasteiger partial charge on any atom is 1.00 e. The van der Waals surface area contributed by atoms with Crippen molar-refractivity contribution in [2.24, 2.45) is 0 Å². The van der Waals surface area contributed by atoms with Crippen molar-refractivity contribution in [1.82, 2.24) is 4.83 Å². The summed E-state index contributed by atoms with van der Waals surface area (Å²) in [5.74, 6) is 0. The van der Waals surface area contributed by atoms with Crippen LogP contribution in [0.1, 0.15) is 0 Å². The number of benzene rings is 1. The van der Waals surface area contributed by atoms with Crippen molar-refractivity contribution < 1.29 is 42.5 Å². The Labute approximate surface area is 119 Å². The van der Waals surface area contributed by atoms with Crippen LogP contribution in [0.4, 0.5) is 5.69 Å². The van der Waals surface area contributed by atoms with Gasteiger partial charge in [0.05, 0.1) is 10.7 Å². The van der Waals surface area contributed by atoms with Crippen LogP contribution in [0.25, 0.3) is 0 Å². The number of anilines is 1. The van der Waals surface area contributed by atoms with Crippen LogP contribution in [-0.2, 0) is 10.3 Å². The molecule has 0 aliphatic carbocycles. The summed E-state index contributed by atoms with van der Waals surface area (Å²) < 4.78 is 30.6. The van der Waals surface area contributed by atoms with Crippen molar-refractivity contribution in [3.8, 4) is 0 Å². The fourth-order valence-corrected chi connectivity index (χ4v) is 1.28. The molecule has 0 unspecified atom stereocenters. The van der Waals surface area contributed by atoms with Crippen molar-refractivity contribution >= 4 is 39.2 Å². The van der Waals surface area contributed by atoms with Gasteiger partial charge in [-0.25, -0.2) is 8.42 Å². The standard InChI is InChI=1S/C6H6Cl2N2O3S.Na/c7-4-1-2-5(8)6(3-4)9-10-14(11,12)13;/h1-3,9-10H,(H,11,12,13);/q;+1/p-1. The molecule has 0 aliphatic rings. The van der Waals surface area contributed by atoms with E-state index in [0.29, 0.717) is 5.02 Å². The molecule has 0 saturated carbocycles. The largest absolute Gasteiger partial charge is 1.00 e.